The highest BCUT2D eigenvalue weighted by Crippen LogP contribution is 2.30. The third kappa shape index (κ3) is 5.00. The molecule has 0 atom stereocenters. The van der Waals surface area contributed by atoms with Crippen molar-refractivity contribution in [3.8, 4) is 17.7 Å². The van der Waals surface area contributed by atoms with Gasteiger partial charge in [0.2, 0.25) is 5.95 Å². The van der Waals surface area contributed by atoms with Gasteiger partial charge in [-0.15, -0.1) is 0 Å². The van der Waals surface area contributed by atoms with Gasteiger partial charge in [0.25, 0.3) is 5.88 Å². The van der Waals surface area contributed by atoms with Crippen molar-refractivity contribution in [3.05, 3.63) is 18.1 Å². The van der Waals surface area contributed by atoms with E-state index in [4.69, 9.17) is 9.47 Å². The van der Waals surface area contributed by atoms with Crippen molar-refractivity contribution in [3.63, 3.8) is 0 Å². The molecule has 9 nitrogen and oxygen atoms in total. The van der Waals surface area contributed by atoms with Crippen molar-refractivity contribution in [1.29, 1.82) is 5.26 Å². The van der Waals surface area contributed by atoms with Crippen LogP contribution in [0.5, 0.6) is 11.6 Å². The Kier molecular flexibility index (Phi) is 6.77. The number of nitrogens with zero attached hydrogens (tertiary/aromatic N) is 5. The molecule has 2 aromatic rings. The Morgan fingerprint density at radius 3 is 2.67 bits per heavy atom. The lowest BCUT2D eigenvalue weighted by molar-refractivity contribution is 0.183. The van der Waals surface area contributed by atoms with Gasteiger partial charge in [0.05, 0.1) is 43.6 Å². The summed E-state index contributed by atoms with van der Waals surface area (Å²) < 4.78 is 13.0. The van der Waals surface area contributed by atoms with Crippen LogP contribution in [-0.4, -0.2) is 46.6 Å². The largest absolute Gasteiger partial charge is 0.490 e. The fourth-order valence-electron chi connectivity index (χ4n) is 3.51. The molecule has 1 saturated carbocycles. The maximum absolute atomic E-state index is 9.34. The molecule has 2 aromatic heterocycles. The lowest BCUT2D eigenvalue weighted by atomic mass is 9.87. The highest BCUT2D eigenvalue weighted by Gasteiger charge is 2.23. The molecule has 0 saturated heterocycles. The van der Waals surface area contributed by atoms with Gasteiger partial charge in [0, 0.05) is 6.04 Å². The third-order valence-electron chi connectivity index (χ3n) is 5.64. The first-order chi connectivity index (χ1) is 14.4. The molecular formula is C21H31N7O2. The summed E-state index contributed by atoms with van der Waals surface area (Å²) in [7, 11) is 3.60. The van der Waals surface area contributed by atoms with E-state index in [9.17, 15) is 5.26 Å². The highest BCUT2D eigenvalue weighted by atomic mass is 16.5. The van der Waals surface area contributed by atoms with Gasteiger partial charge >= 0.3 is 0 Å². The number of anilines is 2. The molecule has 0 aliphatic heterocycles. The minimum atomic E-state index is -0.744. The van der Waals surface area contributed by atoms with Gasteiger partial charge in [-0.3, -0.25) is 4.68 Å². The van der Waals surface area contributed by atoms with Gasteiger partial charge < -0.3 is 20.1 Å². The Balaban J connectivity index is 1.70. The summed E-state index contributed by atoms with van der Waals surface area (Å²) in [6.07, 6.45) is 7.99. The summed E-state index contributed by atoms with van der Waals surface area (Å²) in [6, 6.07) is 2.85. The third-order valence-corrected chi connectivity index (χ3v) is 5.64. The molecule has 1 aliphatic carbocycles. The highest BCUT2D eigenvalue weighted by molar-refractivity contribution is 5.56. The first-order valence-electron chi connectivity index (χ1n) is 10.3. The van der Waals surface area contributed by atoms with E-state index in [0.717, 1.165) is 24.2 Å². The van der Waals surface area contributed by atoms with Crippen molar-refractivity contribution in [2.45, 2.75) is 58.0 Å². The maximum Gasteiger partial charge on any atom is 0.262 e. The minimum absolute atomic E-state index is 0.391. The Morgan fingerprint density at radius 2 is 2.03 bits per heavy atom. The van der Waals surface area contributed by atoms with Crippen molar-refractivity contribution in [1.82, 2.24) is 25.1 Å². The Hall–Kier alpha value is -2.86. The summed E-state index contributed by atoms with van der Waals surface area (Å²) >= 11 is 0. The summed E-state index contributed by atoms with van der Waals surface area (Å²) in [5, 5.41) is 20.3. The monoisotopic (exact) mass is 413 g/mol. The lowest BCUT2D eigenvalue weighted by Crippen LogP contribution is -2.31. The first kappa shape index (κ1) is 21.8. The van der Waals surface area contributed by atoms with Crippen LogP contribution < -0.4 is 20.1 Å². The van der Waals surface area contributed by atoms with Crippen LogP contribution in [0.3, 0.4) is 0 Å². The molecule has 0 aromatic carbocycles. The second kappa shape index (κ2) is 9.30. The van der Waals surface area contributed by atoms with Crippen molar-refractivity contribution in [2.75, 3.05) is 26.1 Å². The first-order valence-corrected chi connectivity index (χ1v) is 10.3. The Bertz CT molecular complexity index is 895. The number of methoxy groups -OCH3 is 1. The van der Waals surface area contributed by atoms with Crippen molar-refractivity contribution in [2.24, 2.45) is 5.92 Å². The molecule has 3 rings (SSSR count). The molecule has 30 heavy (non-hydrogen) atoms. The maximum atomic E-state index is 9.34. The summed E-state index contributed by atoms with van der Waals surface area (Å²) in [5.41, 5.74) is 0.743. The molecule has 0 unspecified atom stereocenters. The van der Waals surface area contributed by atoms with Gasteiger partial charge in [-0.2, -0.15) is 15.3 Å². The second-order valence-corrected chi connectivity index (χ2v) is 8.25. The average Bonchev–Trinajstić information content (AvgIpc) is 3.13. The number of ether oxygens (including phenoxy) is 2. The zero-order valence-corrected chi connectivity index (χ0v) is 18.4. The minimum Gasteiger partial charge on any atom is -0.490 e. The molecule has 162 valence electrons. The second-order valence-electron chi connectivity index (χ2n) is 8.25. The van der Waals surface area contributed by atoms with Gasteiger partial charge in [-0.25, -0.2) is 4.98 Å². The topological polar surface area (TPSA) is 110 Å². The lowest BCUT2D eigenvalue weighted by Gasteiger charge is -2.28. The predicted molar refractivity (Wildman–Crippen MR) is 114 cm³/mol. The molecule has 2 N–H and O–H groups in total. The van der Waals surface area contributed by atoms with Crippen molar-refractivity contribution >= 4 is 11.6 Å². The van der Waals surface area contributed by atoms with E-state index < -0.39 is 5.54 Å². The SMILES string of the molecule is CN[C@H]1CC[C@H](COc2nc(Nc3cn(C(C)(C)C#N)nc3C)ncc2OC)CC1. The van der Waals surface area contributed by atoms with E-state index in [1.807, 2.05) is 27.8 Å². The number of nitrogens with one attached hydrogen (secondary N) is 2. The average molecular weight is 414 g/mol. The number of hydrogen-bond acceptors (Lipinski definition) is 8. The Labute approximate surface area is 177 Å². The zero-order chi connectivity index (χ0) is 21.7. The van der Waals surface area contributed by atoms with Crippen LogP contribution in [0.1, 0.15) is 45.2 Å². The van der Waals surface area contributed by atoms with Crippen LogP contribution in [0, 0.1) is 24.2 Å². The number of hydrogen-bond donors (Lipinski definition) is 2. The van der Waals surface area contributed by atoms with Gasteiger partial charge in [-0.05, 0) is 59.4 Å². The number of nitriles is 1. The summed E-state index contributed by atoms with van der Waals surface area (Å²) in [5.74, 6) is 1.83. The quantitative estimate of drug-likeness (QED) is 0.679. The van der Waals surface area contributed by atoms with Crippen molar-refractivity contribution < 1.29 is 9.47 Å². The predicted octanol–water partition coefficient (Wildman–Crippen LogP) is 3.15. The van der Waals surface area contributed by atoms with Crippen LogP contribution in [0.4, 0.5) is 11.6 Å². The number of aromatic nitrogens is 4. The van der Waals surface area contributed by atoms with Gasteiger partial charge in [0.15, 0.2) is 5.75 Å². The fraction of sp³-hybridized carbons (Fsp3) is 0.619. The molecule has 1 aliphatic rings. The molecule has 0 bridgehead atoms. The van der Waals surface area contributed by atoms with Gasteiger partial charge in [0.1, 0.15) is 5.54 Å². The van der Waals surface area contributed by atoms with E-state index in [-0.39, 0.29) is 0 Å². The van der Waals surface area contributed by atoms with Crippen LogP contribution >= 0.6 is 0 Å². The number of aryl methyl sites for hydroxylation is 1. The van der Waals surface area contributed by atoms with Crippen LogP contribution in [0.15, 0.2) is 12.4 Å². The number of rotatable bonds is 8. The summed E-state index contributed by atoms with van der Waals surface area (Å²) in [4.78, 5) is 8.82. The van der Waals surface area contributed by atoms with Crippen LogP contribution in [0.25, 0.3) is 0 Å². The molecule has 0 radical (unpaired) electrons. The van der Waals surface area contributed by atoms with E-state index in [2.05, 4.69) is 31.8 Å². The summed E-state index contributed by atoms with van der Waals surface area (Å²) in [6.45, 7) is 6.09. The molecule has 2 heterocycles. The molecule has 9 heteroatoms. The molecule has 0 amide bonds. The zero-order valence-electron chi connectivity index (χ0n) is 18.4. The Morgan fingerprint density at radius 1 is 1.30 bits per heavy atom. The molecule has 0 spiro atoms. The van der Waals surface area contributed by atoms with E-state index in [1.54, 1.807) is 24.2 Å². The van der Waals surface area contributed by atoms with Crippen LogP contribution in [0.2, 0.25) is 0 Å². The fourth-order valence-corrected chi connectivity index (χ4v) is 3.51. The van der Waals surface area contributed by atoms with E-state index in [0.29, 0.717) is 36.1 Å². The van der Waals surface area contributed by atoms with Gasteiger partial charge in [-0.1, -0.05) is 0 Å². The van der Waals surface area contributed by atoms with E-state index in [1.165, 1.54) is 12.8 Å². The smallest absolute Gasteiger partial charge is 0.262 e. The van der Waals surface area contributed by atoms with E-state index >= 15 is 0 Å². The van der Waals surface area contributed by atoms with Crippen LogP contribution in [-0.2, 0) is 5.54 Å². The normalized spacial score (nSPS) is 19.2. The molecule has 1 fully saturated rings. The standard InChI is InChI=1S/C21H31N7O2/c1-14-17(11-28(27-14)21(2,3)13-22)25-20-24-10-18(29-5)19(26-20)30-12-15-6-8-16(23-4)9-7-15/h10-11,15-16,23H,6-9,12H2,1-5H3,(H,24,25,26)/t15-,16-. The molecular weight excluding hydrogens is 382 g/mol.